The van der Waals surface area contributed by atoms with Gasteiger partial charge in [0.25, 0.3) is 0 Å². The Bertz CT molecular complexity index is 1540. The molecule has 41 heavy (non-hydrogen) atoms. The van der Waals surface area contributed by atoms with Gasteiger partial charge in [-0.2, -0.15) is 0 Å². The molecule has 216 valence electrons. The minimum atomic E-state index is -1.21. The Kier molecular flexibility index (Phi) is 8.46. The summed E-state index contributed by atoms with van der Waals surface area (Å²) in [6, 6.07) is 23.3. The number of aryl methyl sites for hydroxylation is 2. The summed E-state index contributed by atoms with van der Waals surface area (Å²) in [6.45, 7) is 6.84. The molecule has 1 aliphatic rings. The number of hydrogen-bond donors (Lipinski definition) is 1. The summed E-state index contributed by atoms with van der Waals surface area (Å²) in [6.07, 6.45) is 0. The van der Waals surface area contributed by atoms with Crippen LogP contribution < -0.4 is 15.2 Å². The van der Waals surface area contributed by atoms with Gasteiger partial charge in [-0.3, -0.25) is 18.8 Å². The maximum Gasteiger partial charge on any atom is 0.328 e. The van der Waals surface area contributed by atoms with E-state index in [0.717, 1.165) is 27.9 Å². The van der Waals surface area contributed by atoms with Gasteiger partial charge in [-0.1, -0.05) is 42.0 Å². The van der Waals surface area contributed by atoms with Gasteiger partial charge in [0, 0.05) is 40.2 Å². The molecule has 3 aromatic carbocycles. The number of nitrogens with zero attached hydrogens (tertiary/aromatic N) is 4. The number of fused-ring (bicyclic) bond motifs is 1. The van der Waals surface area contributed by atoms with Crippen LogP contribution >= 0.6 is 0 Å². The van der Waals surface area contributed by atoms with Crippen LogP contribution in [0.25, 0.3) is 11.0 Å². The van der Waals surface area contributed by atoms with Crippen LogP contribution in [0.3, 0.4) is 0 Å². The van der Waals surface area contributed by atoms with Gasteiger partial charge in [-0.05, 0) is 48.9 Å². The van der Waals surface area contributed by atoms with Gasteiger partial charge in [0.05, 0.1) is 24.1 Å². The third kappa shape index (κ3) is 6.81. The number of amides is 1. The predicted molar refractivity (Wildman–Crippen MR) is 158 cm³/mol. The summed E-state index contributed by atoms with van der Waals surface area (Å²) in [4.78, 5) is 28.7. The molecule has 4 aromatic rings. The van der Waals surface area contributed by atoms with Gasteiger partial charge in [-0.15, -0.1) is 0 Å². The van der Waals surface area contributed by atoms with Crippen molar-refractivity contribution in [2.75, 3.05) is 39.4 Å². The predicted octanol–water partition coefficient (Wildman–Crippen LogP) is 3.20. The number of aromatic nitrogens is 2. The van der Waals surface area contributed by atoms with Gasteiger partial charge in [0.2, 0.25) is 5.91 Å². The van der Waals surface area contributed by atoms with Gasteiger partial charge >= 0.3 is 5.69 Å². The zero-order chi connectivity index (χ0) is 29.0. The fourth-order valence-corrected chi connectivity index (χ4v) is 5.37. The first-order valence-electron chi connectivity index (χ1n) is 14.0. The molecule has 2 heterocycles. The summed E-state index contributed by atoms with van der Waals surface area (Å²) in [5, 5.41) is 11.6. The summed E-state index contributed by atoms with van der Waals surface area (Å²) in [5.74, 6) is 1.35. The molecule has 1 amide bonds. The van der Waals surface area contributed by atoms with Crippen LogP contribution in [0.2, 0.25) is 0 Å². The Morgan fingerprint density at radius 3 is 2.27 bits per heavy atom. The van der Waals surface area contributed by atoms with Crippen molar-refractivity contribution >= 4 is 16.9 Å². The van der Waals surface area contributed by atoms with Crippen LogP contribution in [-0.4, -0.2) is 74.9 Å². The average molecular weight is 559 g/mol. The number of carbonyl (C=O) groups is 1. The first kappa shape index (κ1) is 28.4. The van der Waals surface area contributed by atoms with Crippen molar-refractivity contribution in [3.05, 3.63) is 94.4 Å². The first-order valence-corrected chi connectivity index (χ1v) is 14.0. The fraction of sp³-hybridized carbons (Fsp3) is 0.375. The number of rotatable bonds is 9. The molecule has 5 rings (SSSR count). The molecule has 1 aliphatic heterocycles. The smallest absolute Gasteiger partial charge is 0.328 e. The molecule has 1 unspecified atom stereocenters. The zero-order valence-corrected chi connectivity index (χ0v) is 24.0. The van der Waals surface area contributed by atoms with Crippen LogP contribution in [0.15, 0.2) is 77.6 Å². The monoisotopic (exact) mass is 558 g/mol. The topological polar surface area (TPSA) is 89.2 Å². The highest BCUT2D eigenvalue weighted by Gasteiger charge is 2.36. The van der Waals surface area contributed by atoms with Crippen LogP contribution in [0, 0.1) is 6.92 Å². The van der Waals surface area contributed by atoms with Crippen molar-refractivity contribution < 1.29 is 19.4 Å². The molecule has 0 bridgehead atoms. The SMILES string of the molecule is CC(=O)N1CCN(Cc2ccc(OCCn3c(=O)n(C)c4ccccc43)cc2)CC(O)(COc2ccc(C)cc2)C1. The Morgan fingerprint density at radius 2 is 1.56 bits per heavy atom. The van der Waals surface area contributed by atoms with Crippen molar-refractivity contribution in [1.82, 2.24) is 18.9 Å². The molecule has 1 atom stereocenters. The number of hydrogen-bond acceptors (Lipinski definition) is 6. The number of imidazole rings is 1. The minimum absolute atomic E-state index is 0.0600. The van der Waals surface area contributed by atoms with E-state index < -0.39 is 5.60 Å². The van der Waals surface area contributed by atoms with E-state index in [1.165, 1.54) is 6.92 Å². The second-order valence-electron chi connectivity index (χ2n) is 11.0. The van der Waals surface area contributed by atoms with Crippen LogP contribution in [-0.2, 0) is 24.9 Å². The highest BCUT2D eigenvalue weighted by Crippen LogP contribution is 2.21. The number of β-amino-alcohol motifs (C(OH)–C–C–N with tert-alkyl or cyclic N) is 1. The van der Waals surface area contributed by atoms with E-state index in [-0.39, 0.29) is 24.7 Å². The second kappa shape index (κ2) is 12.2. The van der Waals surface area contributed by atoms with Crippen molar-refractivity contribution in [1.29, 1.82) is 0 Å². The normalized spacial score (nSPS) is 17.9. The van der Waals surface area contributed by atoms with E-state index in [9.17, 15) is 14.7 Å². The van der Waals surface area contributed by atoms with Crippen molar-refractivity contribution in [2.45, 2.75) is 32.5 Å². The fourth-order valence-electron chi connectivity index (χ4n) is 5.37. The number of ether oxygens (including phenoxy) is 2. The quantitative estimate of drug-likeness (QED) is 0.340. The third-order valence-corrected chi connectivity index (χ3v) is 7.63. The summed E-state index contributed by atoms with van der Waals surface area (Å²) < 4.78 is 15.3. The molecule has 9 heteroatoms. The Balaban J connectivity index is 1.19. The lowest BCUT2D eigenvalue weighted by atomic mass is 10.0. The van der Waals surface area contributed by atoms with Crippen molar-refractivity contribution in [2.24, 2.45) is 7.05 Å². The number of aliphatic hydroxyl groups is 1. The van der Waals surface area contributed by atoms with Gasteiger partial charge < -0.3 is 19.5 Å². The molecule has 1 fully saturated rings. The Morgan fingerprint density at radius 1 is 0.902 bits per heavy atom. The third-order valence-electron chi connectivity index (χ3n) is 7.63. The first-order chi connectivity index (χ1) is 19.7. The van der Waals surface area contributed by atoms with Gasteiger partial charge in [-0.25, -0.2) is 4.79 Å². The van der Waals surface area contributed by atoms with E-state index in [2.05, 4.69) is 4.90 Å². The molecular formula is C32H38N4O5. The molecule has 0 spiro atoms. The minimum Gasteiger partial charge on any atom is -0.492 e. The lowest BCUT2D eigenvalue weighted by Crippen LogP contribution is -2.51. The Hall–Kier alpha value is -4.08. The van der Waals surface area contributed by atoms with Crippen molar-refractivity contribution in [3.63, 3.8) is 0 Å². The lowest BCUT2D eigenvalue weighted by Gasteiger charge is -2.32. The highest BCUT2D eigenvalue weighted by atomic mass is 16.5. The molecule has 1 N–H and O–H groups in total. The molecule has 0 radical (unpaired) electrons. The van der Waals surface area contributed by atoms with Crippen LogP contribution in [0.1, 0.15) is 18.1 Å². The molecule has 1 aromatic heterocycles. The van der Waals surface area contributed by atoms with Gasteiger partial charge in [0.1, 0.15) is 30.3 Å². The average Bonchev–Trinajstić information content (AvgIpc) is 3.09. The summed E-state index contributed by atoms with van der Waals surface area (Å²) >= 11 is 0. The number of carbonyl (C=O) groups excluding carboxylic acids is 1. The molecule has 0 aliphatic carbocycles. The molecule has 0 saturated carbocycles. The standard InChI is InChI=1S/C32H38N4O5/c1-24-8-12-28(13-9-24)41-23-32(39)21-34(16-17-35(22-32)25(2)37)20-26-10-14-27(15-11-26)40-19-18-36-30-7-5-4-6-29(30)33(3)31(36)38/h4-15,39H,16-23H2,1-3H3. The van der Waals surface area contributed by atoms with E-state index in [1.54, 1.807) is 21.1 Å². The van der Waals surface area contributed by atoms with E-state index in [4.69, 9.17) is 9.47 Å². The van der Waals surface area contributed by atoms with Crippen LogP contribution in [0.4, 0.5) is 0 Å². The summed E-state index contributed by atoms with van der Waals surface area (Å²) in [5.41, 5.74) is 2.72. The lowest BCUT2D eigenvalue weighted by molar-refractivity contribution is -0.132. The van der Waals surface area contributed by atoms with Crippen LogP contribution in [0.5, 0.6) is 11.5 Å². The number of para-hydroxylation sites is 2. The maximum absolute atomic E-state index is 12.6. The van der Waals surface area contributed by atoms with E-state index in [0.29, 0.717) is 45.1 Å². The highest BCUT2D eigenvalue weighted by molar-refractivity contribution is 5.75. The Labute approximate surface area is 240 Å². The largest absolute Gasteiger partial charge is 0.492 e. The molecular weight excluding hydrogens is 520 g/mol. The number of benzene rings is 3. The van der Waals surface area contributed by atoms with Crippen molar-refractivity contribution in [3.8, 4) is 11.5 Å². The van der Waals surface area contributed by atoms with E-state index in [1.807, 2.05) is 79.7 Å². The van der Waals surface area contributed by atoms with E-state index >= 15 is 0 Å². The van der Waals surface area contributed by atoms with Gasteiger partial charge in [0.15, 0.2) is 0 Å². The molecule has 9 nitrogen and oxygen atoms in total. The maximum atomic E-state index is 12.6. The zero-order valence-electron chi connectivity index (χ0n) is 24.0. The summed E-state index contributed by atoms with van der Waals surface area (Å²) in [7, 11) is 1.78. The molecule has 1 saturated heterocycles. The second-order valence-corrected chi connectivity index (χ2v) is 11.0.